The topological polar surface area (TPSA) is 71.4 Å². The fourth-order valence-electron chi connectivity index (χ4n) is 3.95. The molecule has 0 spiro atoms. The molecule has 0 saturated heterocycles. The lowest BCUT2D eigenvalue weighted by Gasteiger charge is -2.20. The summed E-state index contributed by atoms with van der Waals surface area (Å²) in [5.41, 5.74) is 0. The average Bonchev–Trinajstić information content (AvgIpc) is 2.95. The van der Waals surface area contributed by atoms with Crippen molar-refractivity contribution < 1.29 is 28.3 Å². The number of alkyl halides is 2. The lowest BCUT2D eigenvalue weighted by molar-refractivity contribution is -0.144. The van der Waals surface area contributed by atoms with E-state index in [0.29, 0.717) is 38.5 Å². The molecule has 0 aromatic carbocycles. The molecule has 1 aliphatic carbocycles. The van der Waals surface area contributed by atoms with E-state index in [-0.39, 0.29) is 36.9 Å². The second-order valence-corrected chi connectivity index (χ2v) is 7.84. The number of Topliss-reactive ketones (excluding diaryl/α,β-unsaturated/α-hetero) is 2. The SMILES string of the molecule is CCCCCC(F)(F)C(=O)CC[C@H]1CCC(=O)[C@@H]1CCCCCCC(=O)O. The molecular formula is C21H34F2O4. The average molecular weight is 388 g/mol. The van der Waals surface area contributed by atoms with Gasteiger partial charge in [0.15, 0.2) is 0 Å². The van der Waals surface area contributed by atoms with Crippen LogP contribution in [0, 0.1) is 11.8 Å². The van der Waals surface area contributed by atoms with E-state index in [2.05, 4.69) is 0 Å². The first kappa shape index (κ1) is 23.7. The molecule has 0 radical (unpaired) electrons. The molecule has 1 fully saturated rings. The van der Waals surface area contributed by atoms with E-state index in [9.17, 15) is 23.2 Å². The second-order valence-electron chi connectivity index (χ2n) is 7.84. The van der Waals surface area contributed by atoms with Crippen molar-refractivity contribution in [1.82, 2.24) is 0 Å². The number of unbranched alkanes of at least 4 members (excludes halogenated alkanes) is 5. The minimum absolute atomic E-state index is 0.0342. The molecule has 0 amide bonds. The van der Waals surface area contributed by atoms with E-state index in [1.807, 2.05) is 6.92 Å². The van der Waals surface area contributed by atoms with E-state index < -0.39 is 17.7 Å². The third-order valence-electron chi connectivity index (χ3n) is 5.64. The molecule has 1 rings (SSSR count). The second kappa shape index (κ2) is 12.2. The maximum Gasteiger partial charge on any atom is 0.305 e. The Morgan fingerprint density at radius 2 is 1.74 bits per heavy atom. The summed E-state index contributed by atoms with van der Waals surface area (Å²) in [6.45, 7) is 1.93. The molecule has 156 valence electrons. The van der Waals surface area contributed by atoms with E-state index in [4.69, 9.17) is 5.11 Å². The summed E-state index contributed by atoms with van der Waals surface area (Å²) in [5, 5.41) is 8.61. The van der Waals surface area contributed by atoms with Crippen molar-refractivity contribution in [1.29, 1.82) is 0 Å². The largest absolute Gasteiger partial charge is 0.481 e. The number of carboxylic acids is 1. The number of rotatable bonds is 15. The first-order chi connectivity index (χ1) is 12.8. The quantitative estimate of drug-likeness (QED) is 0.372. The predicted molar refractivity (Wildman–Crippen MR) is 99.9 cm³/mol. The summed E-state index contributed by atoms with van der Waals surface area (Å²) >= 11 is 0. The summed E-state index contributed by atoms with van der Waals surface area (Å²) in [6, 6.07) is 0. The van der Waals surface area contributed by atoms with Gasteiger partial charge in [-0.05, 0) is 38.0 Å². The first-order valence-electron chi connectivity index (χ1n) is 10.4. The zero-order chi connectivity index (χ0) is 20.3. The molecule has 0 unspecified atom stereocenters. The van der Waals surface area contributed by atoms with Crippen molar-refractivity contribution in [2.24, 2.45) is 11.8 Å². The summed E-state index contributed by atoms with van der Waals surface area (Å²) in [4.78, 5) is 34.5. The molecule has 1 aliphatic rings. The van der Waals surface area contributed by atoms with E-state index in [1.54, 1.807) is 0 Å². The van der Waals surface area contributed by atoms with Crippen LogP contribution in [0.1, 0.15) is 96.8 Å². The van der Waals surface area contributed by atoms with Crippen molar-refractivity contribution in [2.75, 3.05) is 0 Å². The van der Waals surface area contributed by atoms with Crippen molar-refractivity contribution in [3.63, 3.8) is 0 Å². The van der Waals surface area contributed by atoms with Crippen LogP contribution in [-0.4, -0.2) is 28.6 Å². The molecule has 6 heteroatoms. The van der Waals surface area contributed by atoms with Gasteiger partial charge < -0.3 is 5.11 Å². The van der Waals surface area contributed by atoms with Crippen molar-refractivity contribution in [2.45, 2.75) is 103 Å². The first-order valence-corrected chi connectivity index (χ1v) is 10.4. The summed E-state index contributed by atoms with van der Waals surface area (Å²) in [7, 11) is 0. The predicted octanol–water partition coefficient (Wildman–Crippen LogP) is 5.57. The number of hydrogen-bond donors (Lipinski definition) is 1. The Morgan fingerprint density at radius 3 is 2.41 bits per heavy atom. The molecule has 2 atom stereocenters. The molecule has 0 aromatic heterocycles. The zero-order valence-electron chi connectivity index (χ0n) is 16.5. The van der Waals surface area contributed by atoms with Gasteiger partial charge >= 0.3 is 11.9 Å². The highest BCUT2D eigenvalue weighted by Gasteiger charge is 2.39. The van der Waals surface area contributed by atoms with Gasteiger partial charge in [-0.2, -0.15) is 8.78 Å². The van der Waals surface area contributed by atoms with Crippen LogP contribution in [0.4, 0.5) is 8.78 Å². The summed E-state index contributed by atoms with van der Waals surface area (Å²) in [5.74, 6) is -4.91. The summed E-state index contributed by atoms with van der Waals surface area (Å²) < 4.78 is 27.8. The van der Waals surface area contributed by atoms with Crippen molar-refractivity contribution in [3.8, 4) is 0 Å². The Bertz CT molecular complexity index is 491. The van der Waals surface area contributed by atoms with E-state index >= 15 is 0 Å². The van der Waals surface area contributed by atoms with Gasteiger partial charge in [-0.3, -0.25) is 14.4 Å². The van der Waals surface area contributed by atoms with Gasteiger partial charge in [0.05, 0.1) is 0 Å². The third kappa shape index (κ3) is 8.93. The fraction of sp³-hybridized carbons (Fsp3) is 0.857. The molecule has 0 bridgehead atoms. The Labute approximate surface area is 161 Å². The number of hydrogen-bond acceptors (Lipinski definition) is 3. The van der Waals surface area contributed by atoms with E-state index in [1.165, 1.54) is 0 Å². The molecule has 0 aromatic rings. The minimum Gasteiger partial charge on any atom is -0.481 e. The minimum atomic E-state index is -3.24. The van der Waals surface area contributed by atoms with Gasteiger partial charge in [0, 0.05) is 31.6 Å². The monoisotopic (exact) mass is 388 g/mol. The van der Waals surface area contributed by atoms with Crippen LogP contribution < -0.4 is 0 Å². The fourth-order valence-corrected chi connectivity index (χ4v) is 3.95. The molecule has 0 aliphatic heterocycles. The Kier molecular flexibility index (Phi) is 10.7. The summed E-state index contributed by atoms with van der Waals surface area (Å²) in [6.07, 6.45) is 6.99. The maximum absolute atomic E-state index is 13.9. The highest BCUT2D eigenvalue weighted by Crippen LogP contribution is 2.37. The van der Waals surface area contributed by atoms with Gasteiger partial charge in [-0.25, -0.2) is 0 Å². The number of carboxylic acid groups (broad SMARTS) is 1. The highest BCUT2D eigenvalue weighted by atomic mass is 19.3. The molecule has 4 nitrogen and oxygen atoms in total. The number of aliphatic carboxylic acids is 1. The van der Waals surface area contributed by atoms with Crippen LogP contribution in [0.5, 0.6) is 0 Å². The number of carbonyl (C=O) groups is 3. The Hall–Kier alpha value is -1.33. The Balaban J connectivity index is 2.34. The van der Waals surface area contributed by atoms with Crippen LogP contribution in [0.3, 0.4) is 0 Å². The van der Waals surface area contributed by atoms with Crippen LogP contribution in [0.25, 0.3) is 0 Å². The van der Waals surface area contributed by atoms with Crippen molar-refractivity contribution in [3.05, 3.63) is 0 Å². The molecular weight excluding hydrogens is 354 g/mol. The van der Waals surface area contributed by atoms with Crippen LogP contribution >= 0.6 is 0 Å². The van der Waals surface area contributed by atoms with Gasteiger partial charge in [-0.1, -0.05) is 39.0 Å². The molecule has 27 heavy (non-hydrogen) atoms. The maximum atomic E-state index is 13.9. The highest BCUT2D eigenvalue weighted by molar-refractivity contribution is 5.86. The number of halogens is 2. The van der Waals surface area contributed by atoms with Gasteiger partial charge in [-0.15, -0.1) is 0 Å². The smallest absolute Gasteiger partial charge is 0.305 e. The number of ketones is 2. The molecule has 1 saturated carbocycles. The van der Waals surface area contributed by atoms with Crippen LogP contribution in [0.2, 0.25) is 0 Å². The van der Waals surface area contributed by atoms with Crippen LogP contribution in [0.15, 0.2) is 0 Å². The van der Waals surface area contributed by atoms with E-state index in [0.717, 1.165) is 32.1 Å². The van der Waals surface area contributed by atoms with Gasteiger partial charge in [0.2, 0.25) is 5.78 Å². The lowest BCUT2D eigenvalue weighted by atomic mass is 9.85. The molecule has 1 N–H and O–H groups in total. The zero-order valence-corrected chi connectivity index (χ0v) is 16.5. The van der Waals surface area contributed by atoms with Gasteiger partial charge in [0.1, 0.15) is 5.78 Å². The van der Waals surface area contributed by atoms with Crippen LogP contribution in [-0.2, 0) is 14.4 Å². The Morgan fingerprint density at radius 1 is 1.04 bits per heavy atom. The van der Waals surface area contributed by atoms with Crippen molar-refractivity contribution >= 4 is 17.5 Å². The lowest BCUT2D eigenvalue weighted by Crippen LogP contribution is -2.29. The standard InChI is InChI=1S/C21H34F2O4/c1-2-3-8-15-21(22,23)19(25)14-12-16-11-13-18(24)17(16)9-6-4-5-7-10-20(26)27/h16-17H,2-15H2,1H3,(H,26,27)/t16-,17-/m1/s1. The third-order valence-corrected chi connectivity index (χ3v) is 5.64. The number of carbonyl (C=O) groups excluding carboxylic acids is 2. The van der Waals surface area contributed by atoms with Gasteiger partial charge in [0.25, 0.3) is 0 Å². The normalized spacial score (nSPS) is 20.2. The molecule has 0 heterocycles.